The van der Waals surface area contributed by atoms with Gasteiger partial charge in [-0.15, -0.1) is 0 Å². The Hall–Kier alpha value is -3.09. The third-order valence-electron chi connectivity index (χ3n) is 6.43. The van der Waals surface area contributed by atoms with Gasteiger partial charge in [0, 0.05) is 37.3 Å². The van der Waals surface area contributed by atoms with Gasteiger partial charge in [-0.2, -0.15) is 0 Å². The lowest BCUT2D eigenvalue weighted by atomic mass is 9.95. The Morgan fingerprint density at radius 3 is 2.52 bits per heavy atom. The lowest BCUT2D eigenvalue weighted by Gasteiger charge is -2.31. The number of aromatic nitrogens is 1. The molecule has 2 amide bonds. The number of amides is 2. The third-order valence-corrected chi connectivity index (χ3v) is 6.43. The number of carbonyl (C=O) groups excluding carboxylic acids is 2. The Morgan fingerprint density at radius 2 is 1.76 bits per heavy atom. The van der Waals surface area contributed by atoms with Gasteiger partial charge in [-0.05, 0) is 56.7 Å². The number of nitrogens with zero attached hydrogens (tertiary/aromatic N) is 2. The second-order valence-corrected chi connectivity index (χ2v) is 8.78. The van der Waals surface area contributed by atoms with Crippen molar-refractivity contribution in [3.8, 4) is 11.6 Å². The van der Waals surface area contributed by atoms with Crippen molar-refractivity contribution in [2.24, 2.45) is 5.92 Å². The van der Waals surface area contributed by atoms with Gasteiger partial charge in [-0.1, -0.05) is 24.3 Å². The van der Waals surface area contributed by atoms with E-state index in [0.717, 1.165) is 24.2 Å². The zero-order chi connectivity index (χ0) is 22.9. The van der Waals surface area contributed by atoms with Crippen LogP contribution < -0.4 is 14.8 Å². The first-order chi connectivity index (χ1) is 16.2. The fourth-order valence-corrected chi connectivity index (χ4v) is 4.48. The molecule has 0 radical (unpaired) electrons. The molecule has 1 aliphatic heterocycles. The smallest absolute Gasteiger partial charge is 0.225 e. The van der Waals surface area contributed by atoms with Crippen molar-refractivity contribution in [1.82, 2.24) is 15.2 Å². The van der Waals surface area contributed by atoms with Crippen molar-refractivity contribution < 1.29 is 19.1 Å². The average molecular weight is 452 g/mol. The molecule has 2 heterocycles. The van der Waals surface area contributed by atoms with E-state index in [-0.39, 0.29) is 23.8 Å². The Balaban J connectivity index is 1.18. The predicted octanol–water partition coefficient (Wildman–Crippen LogP) is 3.73. The van der Waals surface area contributed by atoms with E-state index < -0.39 is 0 Å². The van der Waals surface area contributed by atoms with E-state index in [4.69, 9.17) is 9.47 Å². The average Bonchev–Trinajstić information content (AvgIpc) is 3.37. The monoisotopic (exact) mass is 451 g/mol. The molecular formula is C26H33N3O4. The summed E-state index contributed by atoms with van der Waals surface area (Å²) >= 11 is 0. The van der Waals surface area contributed by atoms with Crippen molar-refractivity contribution in [2.75, 3.05) is 19.7 Å². The van der Waals surface area contributed by atoms with Gasteiger partial charge in [-0.25, -0.2) is 4.98 Å². The normalized spacial score (nSPS) is 17.0. The second-order valence-electron chi connectivity index (χ2n) is 8.78. The minimum absolute atomic E-state index is 0.0326. The van der Waals surface area contributed by atoms with E-state index in [1.807, 2.05) is 47.4 Å². The third kappa shape index (κ3) is 6.70. The number of likely N-dealkylation sites (tertiary alicyclic amines) is 1. The summed E-state index contributed by atoms with van der Waals surface area (Å²) in [6, 6.07) is 13.3. The van der Waals surface area contributed by atoms with Crippen molar-refractivity contribution >= 4 is 11.8 Å². The fraction of sp³-hybridized carbons (Fsp3) is 0.500. The van der Waals surface area contributed by atoms with Crippen LogP contribution in [0.15, 0.2) is 48.7 Å². The van der Waals surface area contributed by atoms with Gasteiger partial charge in [0.2, 0.25) is 17.7 Å². The molecule has 2 aromatic rings. The van der Waals surface area contributed by atoms with Crippen LogP contribution in [0.1, 0.15) is 50.5 Å². The van der Waals surface area contributed by atoms with Crippen LogP contribution in [0.5, 0.6) is 11.6 Å². The van der Waals surface area contributed by atoms with Crippen molar-refractivity contribution in [3.63, 3.8) is 0 Å². The predicted molar refractivity (Wildman–Crippen MR) is 125 cm³/mol. The Bertz CT molecular complexity index is 907. The summed E-state index contributed by atoms with van der Waals surface area (Å²) < 4.78 is 11.7. The minimum Gasteiger partial charge on any atom is -0.493 e. The Labute approximate surface area is 195 Å². The SMILES string of the molecule is O=C(NCc1cccnc1OC1CCCC1)C1CCN(C(=O)CCOc2ccccc2)CC1. The largest absolute Gasteiger partial charge is 0.493 e. The first-order valence-corrected chi connectivity index (χ1v) is 12.0. The number of hydrogen-bond acceptors (Lipinski definition) is 5. The number of pyridine rings is 1. The maximum atomic E-state index is 12.7. The molecule has 4 rings (SSSR count). The molecule has 176 valence electrons. The van der Waals surface area contributed by atoms with E-state index >= 15 is 0 Å². The van der Waals surface area contributed by atoms with Crippen LogP contribution in [0.25, 0.3) is 0 Å². The van der Waals surface area contributed by atoms with Crippen LogP contribution in [0.2, 0.25) is 0 Å². The summed E-state index contributed by atoms with van der Waals surface area (Å²) in [6.07, 6.45) is 8.19. The second kappa shape index (κ2) is 11.7. The van der Waals surface area contributed by atoms with Gasteiger partial charge < -0.3 is 19.7 Å². The number of para-hydroxylation sites is 1. The van der Waals surface area contributed by atoms with Gasteiger partial charge >= 0.3 is 0 Å². The molecule has 0 atom stereocenters. The van der Waals surface area contributed by atoms with Gasteiger partial charge in [0.15, 0.2) is 0 Å². The van der Waals surface area contributed by atoms with Crippen LogP contribution >= 0.6 is 0 Å². The van der Waals surface area contributed by atoms with Crippen molar-refractivity contribution in [2.45, 2.75) is 57.6 Å². The lowest BCUT2D eigenvalue weighted by molar-refractivity contribution is -0.136. The minimum atomic E-state index is -0.0782. The molecule has 1 saturated carbocycles. The molecule has 0 bridgehead atoms. The molecule has 0 unspecified atom stereocenters. The first kappa shape index (κ1) is 23.1. The highest BCUT2D eigenvalue weighted by Gasteiger charge is 2.27. The quantitative estimate of drug-likeness (QED) is 0.628. The van der Waals surface area contributed by atoms with Gasteiger partial charge in [0.1, 0.15) is 11.9 Å². The summed E-state index contributed by atoms with van der Waals surface area (Å²) in [5.41, 5.74) is 0.906. The number of nitrogens with one attached hydrogen (secondary N) is 1. The zero-order valence-corrected chi connectivity index (χ0v) is 19.1. The number of benzene rings is 1. The summed E-state index contributed by atoms with van der Waals surface area (Å²) in [6.45, 7) is 1.97. The fourth-order valence-electron chi connectivity index (χ4n) is 4.48. The molecule has 2 aliphatic rings. The Kier molecular flexibility index (Phi) is 8.17. The Morgan fingerprint density at radius 1 is 1.00 bits per heavy atom. The van der Waals surface area contributed by atoms with Crippen LogP contribution in [-0.4, -0.2) is 47.5 Å². The molecule has 33 heavy (non-hydrogen) atoms. The van der Waals surface area contributed by atoms with Crippen LogP contribution in [0.3, 0.4) is 0 Å². The van der Waals surface area contributed by atoms with Crippen molar-refractivity contribution in [3.05, 3.63) is 54.2 Å². The highest BCUT2D eigenvalue weighted by atomic mass is 16.5. The highest BCUT2D eigenvalue weighted by Crippen LogP contribution is 2.25. The molecule has 1 saturated heterocycles. The van der Waals surface area contributed by atoms with Gasteiger partial charge in [0.25, 0.3) is 0 Å². The summed E-state index contributed by atoms with van der Waals surface area (Å²) in [5.74, 6) is 1.43. The summed E-state index contributed by atoms with van der Waals surface area (Å²) in [7, 11) is 0. The molecule has 2 fully saturated rings. The lowest BCUT2D eigenvalue weighted by Crippen LogP contribution is -2.43. The molecule has 1 aliphatic carbocycles. The number of hydrogen-bond donors (Lipinski definition) is 1. The first-order valence-electron chi connectivity index (χ1n) is 12.0. The molecular weight excluding hydrogens is 418 g/mol. The topological polar surface area (TPSA) is 80.8 Å². The van der Waals surface area contributed by atoms with E-state index in [2.05, 4.69) is 10.3 Å². The van der Waals surface area contributed by atoms with Crippen LogP contribution in [0.4, 0.5) is 0 Å². The maximum Gasteiger partial charge on any atom is 0.225 e. The molecule has 1 N–H and O–H groups in total. The molecule has 0 spiro atoms. The van der Waals surface area contributed by atoms with E-state index in [1.165, 1.54) is 12.8 Å². The summed E-state index contributed by atoms with van der Waals surface area (Å²) in [4.78, 5) is 31.4. The maximum absolute atomic E-state index is 12.7. The number of rotatable bonds is 9. The molecule has 7 nitrogen and oxygen atoms in total. The number of carbonyl (C=O) groups is 2. The highest BCUT2D eigenvalue weighted by molar-refractivity contribution is 5.80. The van der Waals surface area contributed by atoms with E-state index in [1.54, 1.807) is 6.20 Å². The molecule has 1 aromatic heterocycles. The standard InChI is InChI=1S/C26H33N3O4/c30-24(14-18-32-22-8-2-1-3-9-22)29-16-12-20(13-17-29)25(31)28-19-21-7-6-15-27-26(21)33-23-10-4-5-11-23/h1-3,6-9,15,20,23H,4-5,10-14,16-19H2,(H,28,31). The molecule has 7 heteroatoms. The van der Waals surface area contributed by atoms with Gasteiger partial charge in [-0.3, -0.25) is 9.59 Å². The van der Waals surface area contributed by atoms with Crippen LogP contribution in [-0.2, 0) is 16.1 Å². The number of piperidine rings is 1. The van der Waals surface area contributed by atoms with Crippen molar-refractivity contribution in [1.29, 1.82) is 0 Å². The zero-order valence-electron chi connectivity index (χ0n) is 19.1. The van der Waals surface area contributed by atoms with Gasteiger partial charge in [0.05, 0.1) is 13.0 Å². The number of ether oxygens (including phenoxy) is 2. The summed E-state index contributed by atoms with van der Waals surface area (Å²) in [5, 5.41) is 3.05. The molecule has 1 aromatic carbocycles. The van der Waals surface area contributed by atoms with Crippen LogP contribution in [0, 0.1) is 5.92 Å². The van der Waals surface area contributed by atoms with E-state index in [9.17, 15) is 9.59 Å². The van der Waals surface area contributed by atoms with E-state index in [0.29, 0.717) is 51.4 Å².